The molecule has 0 radical (unpaired) electrons. The normalized spacial score (nSPS) is 11.1. The van der Waals surface area contributed by atoms with Crippen LogP contribution in [0.1, 0.15) is 11.3 Å². The largest absolute Gasteiger partial charge is 0.381 e. The SMILES string of the molecule is Cc1ccc(CNc2cccc(NS(C)(=O)=O)c2)cn1. The van der Waals surface area contributed by atoms with Crippen molar-refractivity contribution in [2.24, 2.45) is 0 Å². The lowest BCUT2D eigenvalue weighted by molar-refractivity contribution is 0.607. The van der Waals surface area contributed by atoms with Crippen molar-refractivity contribution < 1.29 is 8.42 Å². The number of nitrogens with zero attached hydrogens (tertiary/aromatic N) is 1. The molecule has 2 aromatic rings. The van der Waals surface area contributed by atoms with Gasteiger partial charge in [-0.3, -0.25) is 9.71 Å². The summed E-state index contributed by atoms with van der Waals surface area (Å²) in [6, 6.07) is 11.1. The van der Waals surface area contributed by atoms with Crippen LogP contribution in [0.5, 0.6) is 0 Å². The fourth-order valence-corrected chi connectivity index (χ4v) is 2.27. The van der Waals surface area contributed by atoms with Gasteiger partial charge < -0.3 is 5.32 Å². The lowest BCUT2D eigenvalue weighted by atomic mass is 10.2. The number of nitrogens with one attached hydrogen (secondary N) is 2. The van der Waals surface area contributed by atoms with Crippen LogP contribution in [-0.4, -0.2) is 19.7 Å². The number of hydrogen-bond acceptors (Lipinski definition) is 4. The first-order valence-electron chi connectivity index (χ1n) is 6.16. The van der Waals surface area contributed by atoms with Gasteiger partial charge in [0.15, 0.2) is 0 Å². The van der Waals surface area contributed by atoms with Crippen molar-refractivity contribution in [3.8, 4) is 0 Å². The second kappa shape index (κ2) is 5.92. The minimum atomic E-state index is -3.25. The highest BCUT2D eigenvalue weighted by Crippen LogP contribution is 2.16. The van der Waals surface area contributed by atoms with Gasteiger partial charge in [-0.1, -0.05) is 12.1 Å². The van der Waals surface area contributed by atoms with Gasteiger partial charge in [0.2, 0.25) is 10.0 Å². The van der Waals surface area contributed by atoms with Gasteiger partial charge in [0, 0.05) is 24.1 Å². The van der Waals surface area contributed by atoms with Crippen molar-refractivity contribution in [1.29, 1.82) is 0 Å². The first kappa shape index (κ1) is 14.3. The predicted molar refractivity (Wildman–Crippen MR) is 81.2 cm³/mol. The van der Waals surface area contributed by atoms with Gasteiger partial charge in [-0.25, -0.2) is 8.42 Å². The summed E-state index contributed by atoms with van der Waals surface area (Å²) in [4.78, 5) is 4.23. The summed E-state index contributed by atoms with van der Waals surface area (Å²) in [7, 11) is -3.25. The van der Waals surface area contributed by atoms with Gasteiger partial charge in [0.05, 0.1) is 11.9 Å². The Bertz CT molecular complexity index is 682. The Morgan fingerprint density at radius 3 is 2.55 bits per heavy atom. The maximum Gasteiger partial charge on any atom is 0.229 e. The summed E-state index contributed by atoms with van der Waals surface area (Å²) >= 11 is 0. The Kier molecular flexibility index (Phi) is 4.24. The van der Waals surface area contributed by atoms with Gasteiger partial charge in [-0.05, 0) is 36.8 Å². The molecular formula is C14H17N3O2S. The number of aromatic nitrogens is 1. The van der Waals surface area contributed by atoms with Crippen molar-refractivity contribution in [1.82, 2.24) is 4.98 Å². The quantitative estimate of drug-likeness (QED) is 0.887. The molecule has 0 fully saturated rings. The third-order valence-electron chi connectivity index (χ3n) is 2.64. The topological polar surface area (TPSA) is 71.1 Å². The second-order valence-corrected chi connectivity index (χ2v) is 6.36. The maximum atomic E-state index is 11.2. The Labute approximate surface area is 119 Å². The van der Waals surface area contributed by atoms with E-state index in [1.54, 1.807) is 18.2 Å². The Morgan fingerprint density at radius 2 is 1.90 bits per heavy atom. The molecule has 5 nitrogen and oxygen atoms in total. The number of benzene rings is 1. The van der Waals surface area contributed by atoms with Crippen LogP contribution in [0.15, 0.2) is 42.6 Å². The highest BCUT2D eigenvalue weighted by Gasteiger charge is 2.02. The zero-order valence-corrected chi connectivity index (χ0v) is 12.2. The molecule has 0 saturated carbocycles. The number of aryl methyl sites for hydroxylation is 1. The molecule has 1 aromatic carbocycles. The average Bonchev–Trinajstić information content (AvgIpc) is 2.36. The number of rotatable bonds is 5. The molecule has 0 bridgehead atoms. The summed E-state index contributed by atoms with van der Waals surface area (Å²) in [5.74, 6) is 0. The Balaban J connectivity index is 2.03. The molecule has 0 spiro atoms. The molecule has 0 aliphatic heterocycles. The standard InChI is InChI=1S/C14H17N3O2S/c1-11-6-7-12(9-15-11)10-16-13-4-3-5-14(8-13)17-20(2,18)19/h3-9,16-17H,10H2,1-2H3. The number of pyridine rings is 1. The molecule has 0 aliphatic carbocycles. The molecule has 1 aromatic heterocycles. The summed E-state index contributed by atoms with van der Waals surface area (Å²) < 4.78 is 24.8. The van der Waals surface area contributed by atoms with Crippen LogP contribution >= 0.6 is 0 Å². The summed E-state index contributed by atoms with van der Waals surface area (Å²) in [5.41, 5.74) is 3.43. The van der Waals surface area contributed by atoms with E-state index in [4.69, 9.17) is 0 Å². The van der Waals surface area contributed by atoms with E-state index in [1.165, 1.54) is 0 Å². The van der Waals surface area contributed by atoms with Crippen molar-refractivity contribution in [3.63, 3.8) is 0 Å². The van der Waals surface area contributed by atoms with Crippen molar-refractivity contribution in [2.45, 2.75) is 13.5 Å². The van der Waals surface area contributed by atoms with Crippen LogP contribution in [0.3, 0.4) is 0 Å². The van der Waals surface area contributed by atoms with E-state index >= 15 is 0 Å². The zero-order valence-electron chi connectivity index (χ0n) is 11.4. The molecule has 0 unspecified atom stereocenters. The lowest BCUT2D eigenvalue weighted by Crippen LogP contribution is -2.09. The van der Waals surface area contributed by atoms with Gasteiger partial charge in [0.1, 0.15) is 0 Å². The van der Waals surface area contributed by atoms with Crippen LogP contribution < -0.4 is 10.0 Å². The molecule has 2 rings (SSSR count). The molecule has 0 amide bonds. The summed E-state index contributed by atoms with van der Waals surface area (Å²) in [6.07, 6.45) is 2.95. The monoisotopic (exact) mass is 291 g/mol. The van der Waals surface area contributed by atoms with Crippen molar-refractivity contribution in [2.75, 3.05) is 16.3 Å². The number of sulfonamides is 1. The average molecular weight is 291 g/mol. The Morgan fingerprint density at radius 1 is 1.15 bits per heavy atom. The molecule has 106 valence electrons. The van der Waals surface area contributed by atoms with E-state index in [2.05, 4.69) is 15.0 Å². The predicted octanol–water partition coefficient (Wildman–Crippen LogP) is 2.37. The van der Waals surface area contributed by atoms with Gasteiger partial charge >= 0.3 is 0 Å². The van der Waals surface area contributed by atoms with E-state index in [1.807, 2.05) is 31.3 Å². The van der Waals surface area contributed by atoms with E-state index in [9.17, 15) is 8.42 Å². The minimum absolute atomic E-state index is 0.541. The third-order valence-corrected chi connectivity index (χ3v) is 3.24. The molecule has 2 N–H and O–H groups in total. The summed E-state index contributed by atoms with van der Waals surface area (Å²) in [5, 5.41) is 3.23. The fraction of sp³-hybridized carbons (Fsp3) is 0.214. The smallest absolute Gasteiger partial charge is 0.229 e. The maximum absolute atomic E-state index is 11.2. The fourth-order valence-electron chi connectivity index (χ4n) is 1.71. The van der Waals surface area contributed by atoms with Crippen molar-refractivity contribution >= 4 is 21.4 Å². The number of hydrogen-bond donors (Lipinski definition) is 2. The Hall–Kier alpha value is -2.08. The van der Waals surface area contributed by atoms with Crippen LogP contribution in [0, 0.1) is 6.92 Å². The van der Waals surface area contributed by atoms with Crippen LogP contribution in [0.2, 0.25) is 0 Å². The van der Waals surface area contributed by atoms with Crippen LogP contribution in [0.25, 0.3) is 0 Å². The zero-order chi connectivity index (χ0) is 14.6. The highest BCUT2D eigenvalue weighted by atomic mass is 32.2. The highest BCUT2D eigenvalue weighted by molar-refractivity contribution is 7.92. The summed E-state index contributed by atoms with van der Waals surface area (Å²) in [6.45, 7) is 2.58. The van der Waals surface area contributed by atoms with E-state index in [0.717, 1.165) is 23.2 Å². The molecule has 0 aliphatic rings. The first-order chi connectivity index (χ1) is 9.42. The molecule has 0 atom stereocenters. The molecule has 0 saturated heterocycles. The van der Waals surface area contributed by atoms with E-state index in [-0.39, 0.29) is 0 Å². The lowest BCUT2D eigenvalue weighted by Gasteiger charge is -2.09. The van der Waals surface area contributed by atoms with Gasteiger partial charge in [0.25, 0.3) is 0 Å². The van der Waals surface area contributed by atoms with Crippen LogP contribution in [-0.2, 0) is 16.6 Å². The molecule has 6 heteroatoms. The molecular weight excluding hydrogens is 274 g/mol. The first-order valence-corrected chi connectivity index (χ1v) is 8.05. The van der Waals surface area contributed by atoms with E-state index < -0.39 is 10.0 Å². The molecule has 20 heavy (non-hydrogen) atoms. The second-order valence-electron chi connectivity index (χ2n) is 4.62. The number of anilines is 2. The van der Waals surface area contributed by atoms with Crippen LogP contribution in [0.4, 0.5) is 11.4 Å². The van der Waals surface area contributed by atoms with Crippen molar-refractivity contribution in [3.05, 3.63) is 53.9 Å². The van der Waals surface area contributed by atoms with Gasteiger partial charge in [-0.15, -0.1) is 0 Å². The molecule has 1 heterocycles. The third kappa shape index (κ3) is 4.55. The van der Waals surface area contributed by atoms with E-state index in [0.29, 0.717) is 12.2 Å². The van der Waals surface area contributed by atoms with Gasteiger partial charge in [-0.2, -0.15) is 0 Å². The minimum Gasteiger partial charge on any atom is -0.381 e.